The van der Waals surface area contributed by atoms with E-state index in [2.05, 4.69) is 0 Å². The van der Waals surface area contributed by atoms with E-state index in [-0.39, 0.29) is 10.9 Å². The Labute approximate surface area is 72.4 Å². The molecular weight excluding hydrogens is 180 g/mol. The van der Waals surface area contributed by atoms with Gasteiger partial charge in [0.1, 0.15) is 6.26 Å². The molecule has 66 valence electrons. The summed E-state index contributed by atoms with van der Waals surface area (Å²) in [6.45, 7) is 1.60. The highest BCUT2D eigenvalue weighted by atomic mass is 32.2. The van der Waals surface area contributed by atoms with E-state index >= 15 is 0 Å². The molecule has 0 fully saturated rings. The van der Waals surface area contributed by atoms with Gasteiger partial charge in [0, 0.05) is 22.8 Å². The molecule has 0 aromatic carbocycles. The van der Waals surface area contributed by atoms with Crippen molar-refractivity contribution in [2.24, 2.45) is 0 Å². The summed E-state index contributed by atoms with van der Waals surface area (Å²) in [4.78, 5) is 10.5. The lowest BCUT2D eigenvalue weighted by Crippen LogP contribution is -1.96. The van der Waals surface area contributed by atoms with Gasteiger partial charge in [-0.1, -0.05) is 0 Å². The van der Waals surface area contributed by atoms with E-state index in [0.29, 0.717) is 5.56 Å². The monoisotopic (exact) mass is 188 g/mol. The summed E-state index contributed by atoms with van der Waals surface area (Å²) in [5, 5.41) is 8.77. The van der Waals surface area contributed by atoms with Crippen molar-refractivity contribution < 1.29 is 18.9 Å². The molecule has 0 radical (unpaired) electrons. The largest absolute Gasteiger partial charge is 0.609 e. The van der Waals surface area contributed by atoms with Crippen molar-refractivity contribution in [1.82, 2.24) is 0 Å². The molecular formula is C7H8O4S. The highest BCUT2D eigenvalue weighted by molar-refractivity contribution is 7.90. The Morgan fingerprint density at radius 1 is 1.75 bits per heavy atom. The molecule has 1 unspecified atom stereocenters. The lowest BCUT2D eigenvalue weighted by Gasteiger charge is -1.96. The van der Waals surface area contributed by atoms with Gasteiger partial charge in [0.25, 0.3) is 0 Å². The second-order valence-corrected chi connectivity index (χ2v) is 3.65. The zero-order chi connectivity index (χ0) is 9.30. The van der Waals surface area contributed by atoms with E-state index in [1.165, 1.54) is 12.3 Å². The molecule has 0 aliphatic rings. The van der Waals surface area contributed by atoms with Crippen LogP contribution < -0.4 is 0 Å². The van der Waals surface area contributed by atoms with Crippen LogP contribution in [0.25, 0.3) is 0 Å². The molecule has 5 heteroatoms. The van der Waals surface area contributed by atoms with E-state index in [4.69, 9.17) is 9.52 Å². The van der Waals surface area contributed by atoms with Crippen LogP contribution in [0.1, 0.15) is 16.1 Å². The van der Waals surface area contributed by atoms with Crippen LogP contribution in [0.3, 0.4) is 0 Å². The van der Waals surface area contributed by atoms with Crippen molar-refractivity contribution in [2.75, 3.05) is 6.26 Å². The average molecular weight is 188 g/mol. The predicted octanol–water partition coefficient (Wildman–Crippen LogP) is 1.02. The lowest BCUT2D eigenvalue weighted by atomic mass is 10.3. The molecule has 1 heterocycles. The first-order valence-electron chi connectivity index (χ1n) is 3.19. The third kappa shape index (κ3) is 1.62. The number of carboxylic acid groups (broad SMARTS) is 1. The Hall–Kier alpha value is -0.940. The first-order chi connectivity index (χ1) is 5.52. The van der Waals surface area contributed by atoms with Gasteiger partial charge in [-0.2, -0.15) is 0 Å². The maximum Gasteiger partial charge on any atom is 0.372 e. The fourth-order valence-electron chi connectivity index (χ4n) is 0.807. The van der Waals surface area contributed by atoms with Gasteiger partial charge < -0.3 is 14.1 Å². The fourth-order valence-corrected chi connectivity index (χ4v) is 1.35. The van der Waals surface area contributed by atoms with Crippen LogP contribution in [0, 0.1) is 6.92 Å². The molecule has 0 bridgehead atoms. The Morgan fingerprint density at radius 2 is 2.33 bits per heavy atom. The highest BCUT2D eigenvalue weighted by Gasteiger charge is 2.18. The van der Waals surface area contributed by atoms with Crippen LogP contribution >= 0.6 is 0 Å². The summed E-state index contributed by atoms with van der Waals surface area (Å²) in [6, 6.07) is 1.47. The molecule has 1 atom stereocenters. The summed E-state index contributed by atoms with van der Waals surface area (Å²) in [5.74, 6) is -1.27. The number of aryl methyl sites for hydroxylation is 1. The van der Waals surface area contributed by atoms with Gasteiger partial charge in [0.05, 0.1) is 0 Å². The number of aromatic carboxylic acids is 1. The molecule has 0 aliphatic heterocycles. The first-order valence-corrected chi connectivity index (χ1v) is 4.75. The number of carboxylic acids is 1. The second kappa shape index (κ2) is 3.20. The molecule has 0 aliphatic carbocycles. The van der Waals surface area contributed by atoms with Crippen LogP contribution in [0.15, 0.2) is 15.6 Å². The topological polar surface area (TPSA) is 73.5 Å². The minimum atomic E-state index is -1.26. The molecule has 1 aromatic rings. The van der Waals surface area contributed by atoms with E-state index in [9.17, 15) is 9.35 Å². The maximum absolute atomic E-state index is 10.9. The van der Waals surface area contributed by atoms with E-state index < -0.39 is 17.1 Å². The predicted molar refractivity (Wildman–Crippen MR) is 42.7 cm³/mol. The normalized spacial score (nSPS) is 12.9. The van der Waals surface area contributed by atoms with Gasteiger partial charge in [-0.15, -0.1) is 0 Å². The number of furan rings is 1. The Kier molecular flexibility index (Phi) is 2.44. The summed E-state index contributed by atoms with van der Waals surface area (Å²) in [5.41, 5.74) is 0.493. The number of rotatable bonds is 2. The SMILES string of the molecule is Cc1cc([S+](C)[O-])oc1C(=O)O. The van der Waals surface area contributed by atoms with Crippen molar-refractivity contribution in [2.45, 2.75) is 12.0 Å². The lowest BCUT2D eigenvalue weighted by molar-refractivity contribution is 0.0655. The molecule has 1 rings (SSSR count). The van der Waals surface area contributed by atoms with Crippen molar-refractivity contribution >= 4 is 17.1 Å². The van der Waals surface area contributed by atoms with Gasteiger partial charge in [-0.25, -0.2) is 4.79 Å². The van der Waals surface area contributed by atoms with Crippen molar-refractivity contribution in [3.8, 4) is 0 Å². The van der Waals surface area contributed by atoms with E-state index in [0.717, 1.165) is 0 Å². The minimum Gasteiger partial charge on any atom is -0.609 e. The van der Waals surface area contributed by atoms with Gasteiger partial charge >= 0.3 is 11.1 Å². The average Bonchev–Trinajstić information content (AvgIpc) is 2.30. The second-order valence-electron chi connectivity index (χ2n) is 2.34. The summed E-state index contributed by atoms with van der Waals surface area (Å²) in [7, 11) is 0. The van der Waals surface area contributed by atoms with Gasteiger partial charge in [-0.3, -0.25) is 0 Å². The van der Waals surface area contributed by atoms with E-state index in [1.54, 1.807) is 6.92 Å². The fraction of sp³-hybridized carbons (Fsp3) is 0.286. The van der Waals surface area contributed by atoms with Gasteiger partial charge in [0.15, 0.2) is 0 Å². The summed E-state index contributed by atoms with van der Waals surface area (Å²) < 4.78 is 15.7. The van der Waals surface area contributed by atoms with Crippen LogP contribution in [0.2, 0.25) is 0 Å². The summed E-state index contributed by atoms with van der Waals surface area (Å²) in [6.07, 6.45) is 1.43. The molecule has 1 N–H and O–H groups in total. The maximum atomic E-state index is 10.9. The van der Waals surface area contributed by atoms with Crippen molar-refractivity contribution in [1.29, 1.82) is 0 Å². The van der Waals surface area contributed by atoms with Gasteiger partial charge in [-0.05, 0) is 6.92 Å². The molecule has 0 spiro atoms. The summed E-state index contributed by atoms with van der Waals surface area (Å²) >= 11 is -1.26. The first kappa shape index (κ1) is 9.15. The Bertz CT molecular complexity index is 302. The van der Waals surface area contributed by atoms with Crippen molar-refractivity contribution in [3.63, 3.8) is 0 Å². The van der Waals surface area contributed by atoms with Crippen LogP contribution in [0.4, 0.5) is 0 Å². The quantitative estimate of drug-likeness (QED) is 0.703. The zero-order valence-electron chi connectivity index (χ0n) is 6.66. The molecule has 12 heavy (non-hydrogen) atoms. The molecule has 4 nitrogen and oxygen atoms in total. The number of carbonyl (C=O) groups is 1. The van der Waals surface area contributed by atoms with E-state index in [1.807, 2.05) is 0 Å². The van der Waals surface area contributed by atoms with Crippen molar-refractivity contribution in [3.05, 3.63) is 17.4 Å². The Balaban J connectivity index is 3.09. The van der Waals surface area contributed by atoms with Crippen LogP contribution in [-0.2, 0) is 11.2 Å². The molecule has 0 saturated heterocycles. The highest BCUT2D eigenvalue weighted by Crippen LogP contribution is 2.18. The molecule has 0 saturated carbocycles. The zero-order valence-corrected chi connectivity index (χ0v) is 7.47. The minimum absolute atomic E-state index is 0.139. The third-order valence-electron chi connectivity index (χ3n) is 1.37. The number of hydrogen-bond acceptors (Lipinski definition) is 3. The smallest absolute Gasteiger partial charge is 0.372 e. The third-order valence-corrected chi connectivity index (χ3v) is 2.14. The van der Waals surface area contributed by atoms with Crippen LogP contribution in [-0.4, -0.2) is 21.9 Å². The standard InChI is InChI=1S/C7H8O4S/c1-4-3-5(12(2)10)11-6(4)7(8)9/h3H,1-2H3,(H,8,9). The van der Waals surface area contributed by atoms with Crippen LogP contribution in [0.5, 0.6) is 0 Å². The number of hydrogen-bond donors (Lipinski definition) is 1. The molecule has 1 aromatic heterocycles. The Morgan fingerprint density at radius 3 is 2.58 bits per heavy atom. The molecule has 0 amide bonds. The van der Waals surface area contributed by atoms with Gasteiger partial charge in [0.2, 0.25) is 5.76 Å².